The molecule has 0 unspecified atom stereocenters. The second kappa shape index (κ2) is 12.5. The van der Waals surface area contributed by atoms with Crippen LogP contribution >= 0.6 is 0 Å². The van der Waals surface area contributed by atoms with Gasteiger partial charge < -0.3 is 14.8 Å². The molecule has 1 aliphatic carbocycles. The zero-order chi connectivity index (χ0) is 16.1. The Balaban J connectivity index is 0. The Morgan fingerprint density at radius 3 is 2.20 bits per heavy atom. The lowest BCUT2D eigenvalue weighted by Crippen LogP contribution is -2.29. The van der Waals surface area contributed by atoms with Crippen LogP contribution in [0.5, 0.6) is 0 Å². The number of carbonyl (C=O) groups excluding carboxylic acids is 2. The maximum Gasteiger partial charge on any atom is 0.407 e. The van der Waals surface area contributed by atoms with E-state index in [1.54, 1.807) is 6.92 Å². The molecule has 0 aromatic heterocycles. The zero-order valence-corrected chi connectivity index (χ0v) is 13.6. The number of ether oxygens (including phenoxy) is 2. The van der Waals surface area contributed by atoms with Gasteiger partial charge in [0.15, 0.2) is 0 Å². The summed E-state index contributed by atoms with van der Waals surface area (Å²) in [6, 6.07) is 0.258. The van der Waals surface area contributed by atoms with Gasteiger partial charge in [-0.15, -0.1) is 6.58 Å². The number of carbonyl (C=O) groups is 2. The standard InChI is InChI=1S/C9H15NO2.C4H8O2.C2H6/c1-4-7-5-8(7)10-9(11)12-6(2)3;1-3-6-4(2)5;1-2/h4,6-8H,1,5H2,2-3H3,(H,10,11);3H2,1-2H3;1-2H3/t7-,8-;;/m0../s1. The molecule has 0 heterocycles. The van der Waals surface area contributed by atoms with Crippen molar-refractivity contribution in [2.24, 2.45) is 5.92 Å². The number of amides is 1. The van der Waals surface area contributed by atoms with E-state index in [1.807, 2.05) is 33.8 Å². The third-order valence-corrected chi connectivity index (χ3v) is 2.14. The summed E-state index contributed by atoms with van der Waals surface area (Å²) >= 11 is 0. The minimum atomic E-state index is -0.320. The van der Waals surface area contributed by atoms with E-state index < -0.39 is 0 Å². The molecule has 118 valence electrons. The van der Waals surface area contributed by atoms with Gasteiger partial charge in [0.2, 0.25) is 0 Å². The predicted molar refractivity (Wildman–Crippen MR) is 80.5 cm³/mol. The highest BCUT2D eigenvalue weighted by Gasteiger charge is 2.36. The molecular weight excluding hydrogens is 258 g/mol. The molecule has 20 heavy (non-hydrogen) atoms. The molecule has 0 saturated heterocycles. The molecule has 0 aromatic rings. The number of hydrogen-bond acceptors (Lipinski definition) is 4. The first-order valence-electron chi connectivity index (χ1n) is 7.13. The van der Waals surface area contributed by atoms with Crippen LogP contribution in [0.1, 0.15) is 48.0 Å². The summed E-state index contributed by atoms with van der Waals surface area (Å²) in [5.74, 6) is 0.238. The topological polar surface area (TPSA) is 64.6 Å². The fraction of sp³-hybridized carbons (Fsp3) is 0.733. The van der Waals surface area contributed by atoms with Crippen LogP contribution < -0.4 is 5.32 Å². The Labute approximate surface area is 122 Å². The van der Waals surface area contributed by atoms with E-state index >= 15 is 0 Å². The SMILES string of the molecule is C=C[C@H]1C[C@@H]1NC(=O)OC(C)C.CC.CCOC(C)=O. The van der Waals surface area contributed by atoms with Crippen molar-refractivity contribution >= 4 is 12.1 Å². The predicted octanol–water partition coefficient (Wildman–Crippen LogP) is 3.29. The van der Waals surface area contributed by atoms with Crippen LogP contribution in [-0.2, 0) is 14.3 Å². The minimum absolute atomic E-state index is 0.0501. The van der Waals surface area contributed by atoms with Crippen molar-refractivity contribution in [3.8, 4) is 0 Å². The summed E-state index contributed by atoms with van der Waals surface area (Å²) in [4.78, 5) is 20.8. The average Bonchev–Trinajstić information content (AvgIpc) is 3.09. The van der Waals surface area contributed by atoms with Crippen LogP contribution in [0.15, 0.2) is 12.7 Å². The van der Waals surface area contributed by atoms with E-state index in [0.717, 1.165) is 6.42 Å². The third kappa shape index (κ3) is 12.9. The Bertz CT molecular complexity index is 290. The van der Waals surface area contributed by atoms with Gasteiger partial charge in [0.05, 0.1) is 12.7 Å². The third-order valence-electron chi connectivity index (χ3n) is 2.14. The average molecular weight is 287 g/mol. The van der Waals surface area contributed by atoms with Gasteiger partial charge in [-0.3, -0.25) is 4.79 Å². The van der Waals surface area contributed by atoms with Crippen molar-refractivity contribution in [2.45, 2.75) is 60.1 Å². The number of hydrogen-bond donors (Lipinski definition) is 1. The number of rotatable bonds is 4. The van der Waals surface area contributed by atoms with E-state index in [0.29, 0.717) is 12.5 Å². The highest BCUT2D eigenvalue weighted by molar-refractivity contribution is 5.68. The molecule has 0 aromatic carbocycles. The van der Waals surface area contributed by atoms with E-state index in [4.69, 9.17) is 4.74 Å². The molecule has 1 saturated carbocycles. The van der Waals surface area contributed by atoms with Crippen molar-refractivity contribution in [3.05, 3.63) is 12.7 Å². The van der Waals surface area contributed by atoms with Crippen molar-refractivity contribution in [1.82, 2.24) is 5.32 Å². The van der Waals surface area contributed by atoms with E-state index in [2.05, 4.69) is 16.6 Å². The monoisotopic (exact) mass is 287 g/mol. The van der Waals surface area contributed by atoms with Gasteiger partial charge in [-0.05, 0) is 33.1 Å². The first kappa shape index (κ1) is 20.8. The molecule has 2 atom stereocenters. The van der Waals surface area contributed by atoms with Crippen LogP contribution in [-0.4, -0.2) is 30.8 Å². The van der Waals surface area contributed by atoms with E-state index in [1.165, 1.54) is 6.92 Å². The summed E-state index contributed by atoms with van der Waals surface area (Å²) < 4.78 is 9.31. The largest absolute Gasteiger partial charge is 0.466 e. The van der Waals surface area contributed by atoms with Gasteiger partial charge in [-0.25, -0.2) is 4.79 Å². The van der Waals surface area contributed by atoms with Gasteiger partial charge in [0.1, 0.15) is 0 Å². The molecule has 1 aliphatic rings. The van der Waals surface area contributed by atoms with Crippen molar-refractivity contribution in [2.75, 3.05) is 6.61 Å². The van der Waals surface area contributed by atoms with Crippen LogP contribution in [0, 0.1) is 5.92 Å². The number of esters is 1. The second-order valence-corrected chi connectivity index (χ2v) is 4.26. The molecule has 0 spiro atoms. The highest BCUT2D eigenvalue weighted by Crippen LogP contribution is 2.30. The Morgan fingerprint density at radius 2 is 1.95 bits per heavy atom. The van der Waals surface area contributed by atoms with Gasteiger partial charge >= 0.3 is 12.1 Å². The smallest absolute Gasteiger partial charge is 0.407 e. The quantitative estimate of drug-likeness (QED) is 0.636. The molecular formula is C15H29NO4. The summed E-state index contributed by atoms with van der Waals surface area (Å²) in [6.07, 6.45) is 2.49. The summed E-state index contributed by atoms with van der Waals surface area (Å²) in [7, 11) is 0. The van der Waals surface area contributed by atoms with Crippen molar-refractivity contribution in [3.63, 3.8) is 0 Å². The molecule has 0 aliphatic heterocycles. The second-order valence-electron chi connectivity index (χ2n) is 4.26. The Morgan fingerprint density at radius 1 is 1.40 bits per heavy atom. The molecule has 5 nitrogen and oxygen atoms in total. The van der Waals surface area contributed by atoms with Gasteiger partial charge in [0, 0.05) is 13.0 Å². The molecule has 1 fully saturated rings. The fourth-order valence-electron chi connectivity index (χ4n) is 1.24. The molecule has 1 amide bonds. The maximum atomic E-state index is 11.0. The first-order valence-corrected chi connectivity index (χ1v) is 7.13. The molecule has 0 bridgehead atoms. The normalized spacial score (nSPS) is 18.6. The van der Waals surface area contributed by atoms with Crippen LogP contribution in [0.3, 0.4) is 0 Å². The number of alkyl carbamates (subject to hydrolysis) is 1. The van der Waals surface area contributed by atoms with Gasteiger partial charge in [-0.2, -0.15) is 0 Å². The first-order chi connectivity index (χ1) is 9.40. The summed E-state index contributed by atoms with van der Waals surface area (Å²) in [5, 5.41) is 2.75. The van der Waals surface area contributed by atoms with E-state index in [-0.39, 0.29) is 24.2 Å². The lowest BCUT2D eigenvalue weighted by molar-refractivity contribution is -0.140. The summed E-state index contributed by atoms with van der Waals surface area (Å²) in [6.45, 7) is 15.0. The molecule has 5 heteroatoms. The Hall–Kier alpha value is -1.52. The number of nitrogens with one attached hydrogen (secondary N) is 1. The van der Waals surface area contributed by atoms with Crippen LogP contribution in [0.2, 0.25) is 0 Å². The van der Waals surface area contributed by atoms with Crippen molar-refractivity contribution < 1.29 is 19.1 Å². The van der Waals surface area contributed by atoms with Gasteiger partial charge in [0.25, 0.3) is 0 Å². The summed E-state index contributed by atoms with van der Waals surface area (Å²) in [5.41, 5.74) is 0. The van der Waals surface area contributed by atoms with E-state index in [9.17, 15) is 9.59 Å². The Kier molecular flexibility index (Phi) is 13.0. The minimum Gasteiger partial charge on any atom is -0.466 e. The lowest BCUT2D eigenvalue weighted by atomic mass is 10.4. The fourth-order valence-corrected chi connectivity index (χ4v) is 1.24. The molecule has 1 N–H and O–H groups in total. The highest BCUT2D eigenvalue weighted by atomic mass is 16.6. The van der Waals surface area contributed by atoms with Gasteiger partial charge in [-0.1, -0.05) is 19.9 Å². The zero-order valence-electron chi connectivity index (χ0n) is 13.6. The molecule has 1 rings (SSSR count). The molecule has 0 radical (unpaired) electrons. The maximum absolute atomic E-state index is 11.0. The lowest BCUT2D eigenvalue weighted by Gasteiger charge is -2.08. The van der Waals surface area contributed by atoms with Crippen molar-refractivity contribution in [1.29, 1.82) is 0 Å². The van der Waals surface area contributed by atoms with Crippen LogP contribution in [0.25, 0.3) is 0 Å². The van der Waals surface area contributed by atoms with Crippen LogP contribution in [0.4, 0.5) is 4.79 Å².